The van der Waals surface area contributed by atoms with E-state index in [1.807, 2.05) is 30.3 Å². The van der Waals surface area contributed by atoms with Crippen LogP contribution in [0, 0.1) is 11.8 Å². The molecule has 1 saturated heterocycles. The van der Waals surface area contributed by atoms with E-state index in [0.29, 0.717) is 24.9 Å². The molecule has 28 heavy (non-hydrogen) atoms. The molecule has 7 heteroatoms. The fourth-order valence-electron chi connectivity index (χ4n) is 3.71. The topological polar surface area (TPSA) is 86.7 Å². The number of carbonyl (C=O) groups excluding carboxylic acids is 1. The lowest BCUT2D eigenvalue weighted by atomic mass is 9.91. The predicted octanol–water partition coefficient (Wildman–Crippen LogP) is 2.99. The van der Waals surface area contributed by atoms with Crippen LogP contribution < -0.4 is 4.72 Å². The number of sulfonamides is 1. The highest BCUT2D eigenvalue weighted by molar-refractivity contribution is 7.89. The van der Waals surface area contributed by atoms with Gasteiger partial charge >= 0.3 is 0 Å². The van der Waals surface area contributed by atoms with Crippen LogP contribution in [0.2, 0.25) is 0 Å². The zero-order valence-corrected chi connectivity index (χ0v) is 16.9. The Morgan fingerprint density at radius 3 is 2.39 bits per heavy atom. The van der Waals surface area contributed by atoms with Gasteiger partial charge in [0.25, 0.3) is 5.91 Å². The van der Waals surface area contributed by atoms with Crippen molar-refractivity contribution in [3.8, 4) is 5.75 Å². The minimum Gasteiger partial charge on any atom is -0.507 e. The van der Waals surface area contributed by atoms with Gasteiger partial charge in [0.05, 0.1) is 10.5 Å². The zero-order chi connectivity index (χ0) is 20.3. The molecule has 0 saturated carbocycles. The number of hydrogen-bond acceptors (Lipinski definition) is 4. The number of rotatable bonds is 5. The molecule has 2 atom stereocenters. The Morgan fingerprint density at radius 2 is 1.75 bits per heavy atom. The summed E-state index contributed by atoms with van der Waals surface area (Å²) < 4.78 is 27.8. The molecule has 0 aromatic heterocycles. The lowest BCUT2D eigenvalue weighted by Crippen LogP contribution is -2.42. The third kappa shape index (κ3) is 4.72. The summed E-state index contributed by atoms with van der Waals surface area (Å²) >= 11 is 0. The number of phenolic OH excluding ortho intramolecular Hbond substituents is 1. The number of piperidine rings is 1. The summed E-state index contributed by atoms with van der Waals surface area (Å²) in [6.45, 7) is 5.53. The smallest absolute Gasteiger partial charge is 0.257 e. The zero-order valence-electron chi connectivity index (χ0n) is 16.1. The molecule has 1 aliphatic heterocycles. The molecule has 1 aliphatic rings. The van der Waals surface area contributed by atoms with Crippen molar-refractivity contribution >= 4 is 15.9 Å². The molecule has 2 N–H and O–H groups in total. The maximum absolute atomic E-state index is 12.9. The van der Waals surface area contributed by atoms with E-state index in [1.54, 1.807) is 4.90 Å². The Balaban J connectivity index is 1.81. The van der Waals surface area contributed by atoms with E-state index in [4.69, 9.17) is 0 Å². The van der Waals surface area contributed by atoms with Gasteiger partial charge in [-0.2, -0.15) is 0 Å². The van der Waals surface area contributed by atoms with Gasteiger partial charge in [0.15, 0.2) is 0 Å². The van der Waals surface area contributed by atoms with Crippen molar-refractivity contribution in [2.75, 3.05) is 13.1 Å². The van der Waals surface area contributed by atoms with Crippen molar-refractivity contribution in [1.29, 1.82) is 0 Å². The maximum Gasteiger partial charge on any atom is 0.257 e. The summed E-state index contributed by atoms with van der Waals surface area (Å²) in [6.07, 6.45) is 1.05. The van der Waals surface area contributed by atoms with Crippen LogP contribution in [0.15, 0.2) is 53.4 Å². The number of nitrogens with one attached hydrogen (secondary N) is 1. The molecule has 1 fully saturated rings. The molecular weight excluding hydrogens is 376 g/mol. The SMILES string of the molecule is CC1CC(C)CN(C(=O)c2cc(S(=O)(=O)NCc3ccccc3)ccc2O)C1. The highest BCUT2D eigenvalue weighted by atomic mass is 32.2. The van der Waals surface area contributed by atoms with Gasteiger partial charge in [-0.25, -0.2) is 13.1 Å². The fraction of sp³-hybridized carbons (Fsp3) is 0.381. The standard InChI is InChI=1S/C21H26N2O4S/c1-15-10-16(2)14-23(13-15)21(25)19-11-18(8-9-20(19)24)28(26,27)22-12-17-6-4-3-5-7-17/h3-9,11,15-16,22,24H,10,12-14H2,1-2H3. The Hall–Kier alpha value is -2.38. The van der Waals surface area contributed by atoms with Crippen LogP contribution in [0.5, 0.6) is 5.75 Å². The molecule has 0 spiro atoms. The number of phenols is 1. The average Bonchev–Trinajstić information content (AvgIpc) is 2.66. The van der Waals surface area contributed by atoms with Gasteiger partial charge < -0.3 is 10.0 Å². The molecule has 0 bridgehead atoms. The van der Waals surface area contributed by atoms with E-state index >= 15 is 0 Å². The molecule has 0 radical (unpaired) electrons. The van der Waals surface area contributed by atoms with E-state index in [-0.39, 0.29) is 28.7 Å². The third-order valence-corrected chi connectivity index (χ3v) is 6.37. The first-order valence-electron chi connectivity index (χ1n) is 9.42. The van der Waals surface area contributed by atoms with E-state index in [9.17, 15) is 18.3 Å². The van der Waals surface area contributed by atoms with Crippen LogP contribution in [0.1, 0.15) is 36.2 Å². The molecule has 150 valence electrons. The van der Waals surface area contributed by atoms with Crippen molar-refractivity contribution in [2.24, 2.45) is 11.8 Å². The van der Waals surface area contributed by atoms with Crippen molar-refractivity contribution in [3.05, 3.63) is 59.7 Å². The van der Waals surface area contributed by atoms with Gasteiger partial charge in [-0.15, -0.1) is 0 Å². The highest BCUT2D eigenvalue weighted by Gasteiger charge is 2.28. The highest BCUT2D eigenvalue weighted by Crippen LogP contribution is 2.27. The molecular formula is C21H26N2O4S. The lowest BCUT2D eigenvalue weighted by molar-refractivity contribution is 0.0620. The summed E-state index contributed by atoms with van der Waals surface area (Å²) in [6, 6.07) is 13.0. The Kier molecular flexibility index (Phi) is 6.05. The number of carbonyl (C=O) groups is 1. The van der Waals surface area contributed by atoms with Crippen molar-refractivity contribution in [2.45, 2.75) is 31.7 Å². The second-order valence-electron chi connectivity index (χ2n) is 7.65. The van der Waals surface area contributed by atoms with E-state index in [1.165, 1.54) is 18.2 Å². The largest absolute Gasteiger partial charge is 0.507 e. The monoisotopic (exact) mass is 402 g/mol. The summed E-state index contributed by atoms with van der Waals surface area (Å²) in [7, 11) is -3.82. The summed E-state index contributed by atoms with van der Waals surface area (Å²) in [5.41, 5.74) is 0.848. The third-order valence-electron chi connectivity index (χ3n) is 4.97. The van der Waals surface area contributed by atoms with Gasteiger partial charge in [0, 0.05) is 19.6 Å². The predicted molar refractivity (Wildman–Crippen MR) is 107 cm³/mol. The second-order valence-corrected chi connectivity index (χ2v) is 9.41. The normalized spacial score (nSPS) is 20.1. The van der Waals surface area contributed by atoms with Gasteiger partial charge in [-0.05, 0) is 42.0 Å². The molecule has 2 unspecified atom stereocenters. The van der Waals surface area contributed by atoms with Crippen molar-refractivity contribution in [1.82, 2.24) is 9.62 Å². The molecule has 6 nitrogen and oxygen atoms in total. The summed E-state index contributed by atoms with van der Waals surface area (Å²) in [5, 5.41) is 10.2. The van der Waals surface area contributed by atoms with Crippen LogP contribution in [0.4, 0.5) is 0 Å². The minimum atomic E-state index is -3.82. The van der Waals surface area contributed by atoms with Gasteiger partial charge in [0.2, 0.25) is 10.0 Å². The Labute approximate surface area is 166 Å². The fourth-order valence-corrected chi connectivity index (χ4v) is 4.75. The maximum atomic E-state index is 12.9. The van der Waals surface area contributed by atoms with Crippen LogP contribution in [-0.2, 0) is 16.6 Å². The summed E-state index contributed by atoms with van der Waals surface area (Å²) in [4.78, 5) is 14.6. The number of likely N-dealkylation sites (tertiary alicyclic amines) is 1. The molecule has 0 aliphatic carbocycles. The van der Waals surface area contributed by atoms with E-state index < -0.39 is 10.0 Å². The molecule has 1 amide bonds. The van der Waals surface area contributed by atoms with Crippen LogP contribution in [0.3, 0.4) is 0 Å². The van der Waals surface area contributed by atoms with E-state index in [2.05, 4.69) is 18.6 Å². The first-order chi connectivity index (χ1) is 13.3. The Bertz CT molecular complexity index is 934. The lowest BCUT2D eigenvalue weighted by Gasteiger charge is -2.35. The van der Waals surface area contributed by atoms with Gasteiger partial charge in [0.1, 0.15) is 5.75 Å². The number of hydrogen-bond donors (Lipinski definition) is 2. The van der Waals surface area contributed by atoms with Gasteiger partial charge in [-0.3, -0.25) is 4.79 Å². The first-order valence-corrected chi connectivity index (χ1v) is 10.9. The van der Waals surface area contributed by atoms with Crippen molar-refractivity contribution < 1.29 is 18.3 Å². The van der Waals surface area contributed by atoms with Crippen molar-refractivity contribution in [3.63, 3.8) is 0 Å². The summed E-state index contributed by atoms with van der Waals surface area (Å²) in [5.74, 6) is 0.192. The quantitative estimate of drug-likeness (QED) is 0.805. The molecule has 2 aromatic rings. The molecule has 3 rings (SSSR count). The minimum absolute atomic E-state index is 0.0175. The van der Waals surface area contributed by atoms with E-state index in [0.717, 1.165) is 12.0 Å². The number of amides is 1. The second kappa shape index (κ2) is 8.32. The number of benzene rings is 2. The van der Waals surface area contributed by atoms with Crippen LogP contribution in [0.25, 0.3) is 0 Å². The number of nitrogens with zero attached hydrogens (tertiary/aromatic N) is 1. The average molecular weight is 403 g/mol. The number of aromatic hydroxyl groups is 1. The van der Waals surface area contributed by atoms with Gasteiger partial charge in [-0.1, -0.05) is 44.2 Å². The first kappa shape index (κ1) is 20.4. The molecule has 2 aromatic carbocycles. The molecule has 1 heterocycles. The van der Waals surface area contributed by atoms with Crippen LogP contribution in [-0.4, -0.2) is 37.4 Å². The van der Waals surface area contributed by atoms with Crippen LogP contribution >= 0.6 is 0 Å². The Morgan fingerprint density at radius 1 is 1.11 bits per heavy atom.